The van der Waals surface area contributed by atoms with Crippen LogP contribution < -0.4 is 4.74 Å². The molecule has 27 heavy (non-hydrogen) atoms. The van der Waals surface area contributed by atoms with Gasteiger partial charge in [0.25, 0.3) is 0 Å². The van der Waals surface area contributed by atoms with Crippen LogP contribution in [0.15, 0.2) is 59.4 Å². The average Bonchev–Trinajstić information content (AvgIpc) is 3.14. The van der Waals surface area contributed by atoms with Crippen molar-refractivity contribution in [1.29, 1.82) is 0 Å². The maximum absolute atomic E-state index is 6.20. The van der Waals surface area contributed by atoms with E-state index >= 15 is 0 Å². The minimum Gasteiger partial charge on any atom is -0.493 e. The van der Waals surface area contributed by atoms with Crippen molar-refractivity contribution in [1.82, 2.24) is 9.97 Å². The van der Waals surface area contributed by atoms with E-state index in [1.165, 1.54) is 0 Å². The molecule has 0 saturated heterocycles. The summed E-state index contributed by atoms with van der Waals surface area (Å²) in [7, 11) is 1.61. The molecule has 0 bridgehead atoms. The van der Waals surface area contributed by atoms with Gasteiger partial charge in [-0.05, 0) is 29.8 Å². The molecular formula is C21H14Cl2N2O2. The van der Waals surface area contributed by atoms with Gasteiger partial charge in [0.2, 0.25) is 0 Å². The highest BCUT2D eigenvalue weighted by Gasteiger charge is 2.14. The highest BCUT2D eigenvalue weighted by atomic mass is 35.5. The van der Waals surface area contributed by atoms with Gasteiger partial charge < -0.3 is 9.15 Å². The number of aromatic nitrogens is 2. The van der Waals surface area contributed by atoms with Crippen LogP contribution in [0.5, 0.6) is 5.75 Å². The molecule has 4 nitrogen and oxygen atoms in total. The lowest BCUT2D eigenvalue weighted by atomic mass is 10.1. The minimum atomic E-state index is 0.491. The topological polar surface area (TPSA) is 48.2 Å². The normalized spacial score (nSPS) is 11.4. The van der Waals surface area contributed by atoms with Gasteiger partial charge in [0, 0.05) is 29.5 Å². The largest absolute Gasteiger partial charge is 0.493 e. The molecule has 0 radical (unpaired) electrons. The lowest BCUT2D eigenvalue weighted by Crippen LogP contribution is -1.84. The van der Waals surface area contributed by atoms with Gasteiger partial charge in [-0.15, -0.1) is 0 Å². The minimum absolute atomic E-state index is 0.491. The molecule has 0 N–H and O–H groups in total. The van der Waals surface area contributed by atoms with E-state index in [1.807, 2.05) is 48.6 Å². The highest BCUT2D eigenvalue weighted by molar-refractivity contribution is 6.37. The van der Waals surface area contributed by atoms with Crippen LogP contribution in [0.1, 0.15) is 11.1 Å². The summed E-state index contributed by atoms with van der Waals surface area (Å²) in [6, 6.07) is 11.5. The average molecular weight is 397 g/mol. The number of hydrogen-bond acceptors (Lipinski definition) is 4. The zero-order valence-electron chi connectivity index (χ0n) is 14.3. The fourth-order valence-electron chi connectivity index (χ4n) is 2.81. The van der Waals surface area contributed by atoms with Crippen molar-refractivity contribution in [3.05, 3.63) is 76.2 Å². The van der Waals surface area contributed by atoms with Gasteiger partial charge >= 0.3 is 0 Å². The first kappa shape index (κ1) is 17.6. The number of hydrogen-bond donors (Lipinski definition) is 0. The number of furan rings is 1. The van der Waals surface area contributed by atoms with Crippen LogP contribution in [0.25, 0.3) is 34.6 Å². The molecule has 0 unspecified atom stereocenters. The van der Waals surface area contributed by atoms with Crippen LogP contribution in [0.4, 0.5) is 0 Å². The summed E-state index contributed by atoms with van der Waals surface area (Å²) in [5.41, 5.74) is 3.07. The van der Waals surface area contributed by atoms with E-state index in [0.717, 1.165) is 16.6 Å². The van der Waals surface area contributed by atoms with E-state index in [-0.39, 0.29) is 0 Å². The molecule has 0 aliphatic heterocycles. The van der Waals surface area contributed by atoms with Crippen molar-refractivity contribution < 1.29 is 9.15 Å². The Balaban J connectivity index is 1.84. The van der Waals surface area contributed by atoms with Crippen LogP contribution >= 0.6 is 23.2 Å². The predicted octanol–water partition coefficient (Wildman–Crippen LogP) is 6.38. The molecule has 0 saturated carbocycles. The molecule has 3 aromatic heterocycles. The first-order chi connectivity index (χ1) is 13.2. The zero-order valence-corrected chi connectivity index (χ0v) is 15.8. The van der Waals surface area contributed by atoms with Crippen LogP contribution in [0.3, 0.4) is 0 Å². The fraction of sp³-hybridized carbons (Fsp3) is 0.0476. The summed E-state index contributed by atoms with van der Waals surface area (Å²) in [6.45, 7) is 0. The van der Waals surface area contributed by atoms with E-state index in [1.54, 1.807) is 25.7 Å². The van der Waals surface area contributed by atoms with Crippen LogP contribution in [0, 0.1) is 0 Å². The molecule has 6 heteroatoms. The number of ether oxygens (including phenoxy) is 1. The van der Waals surface area contributed by atoms with Crippen molar-refractivity contribution in [2.45, 2.75) is 0 Å². The Hall–Kier alpha value is -2.82. The standard InChI is InChI=1S/C21H14Cl2N2O2/c1-26-19-8-6-13(5-7-14-16(22)11-24-12-17(14)23)15-10-20(27-21(15)19)18-4-2-3-9-25-18/h2-12H,1H3. The quantitative estimate of drug-likeness (QED) is 0.401. The van der Waals surface area contributed by atoms with Crippen molar-refractivity contribution >= 4 is 46.3 Å². The Kier molecular flexibility index (Phi) is 4.84. The Morgan fingerprint density at radius 1 is 1.04 bits per heavy atom. The predicted molar refractivity (Wildman–Crippen MR) is 109 cm³/mol. The number of pyridine rings is 2. The molecule has 0 atom stereocenters. The summed E-state index contributed by atoms with van der Waals surface area (Å²) in [4.78, 5) is 8.32. The van der Waals surface area contributed by atoms with Gasteiger partial charge in [-0.1, -0.05) is 47.5 Å². The van der Waals surface area contributed by atoms with E-state index in [0.29, 0.717) is 32.7 Å². The van der Waals surface area contributed by atoms with Crippen LogP contribution in [-0.4, -0.2) is 17.1 Å². The van der Waals surface area contributed by atoms with Gasteiger partial charge in [-0.2, -0.15) is 0 Å². The summed E-state index contributed by atoms with van der Waals surface area (Å²) in [6.07, 6.45) is 8.66. The van der Waals surface area contributed by atoms with E-state index < -0.39 is 0 Å². The van der Waals surface area contributed by atoms with E-state index in [4.69, 9.17) is 32.4 Å². The molecule has 0 aliphatic rings. The first-order valence-corrected chi connectivity index (χ1v) is 8.92. The van der Waals surface area contributed by atoms with Crippen molar-refractivity contribution in [2.75, 3.05) is 7.11 Å². The number of nitrogens with zero attached hydrogens (tertiary/aromatic N) is 2. The Morgan fingerprint density at radius 3 is 2.56 bits per heavy atom. The third-order valence-corrected chi connectivity index (χ3v) is 4.74. The lowest BCUT2D eigenvalue weighted by Gasteiger charge is -2.03. The summed E-state index contributed by atoms with van der Waals surface area (Å²) in [5.74, 6) is 1.33. The van der Waals surface area contributed by atoms with Crippen molar-refractivity contribution in [3.8, 4) is 17.2 Å². The first-order valence-electron chi connectivity index (χ1n) is 8.16. The van der Waals surface area contributed by atoms with Crippen LogP contribution in [-0.2, 0) is 0 Å². The second kappa shape index (κ2) is 7.43. The van der Waals surface area contributed by atoms with Crippen LogP contribution in [0.2, 0.25) is 10.0 Å². The summed E-state index contributed by atoms with van der Waals surface area (Å²) >= 11 is 12.4. The summed E-state index contributed by atoms with van der Waals surface area (Å²) in [5, 5.41) is 1.89. The zero-order chi connectivity index (χ0) is 18.8. The monoisotopic (exact) mass is 396 g/mol. The van der Waals surface area contributed by atoms with E-state index in [9.17, 15) is 0 Å². The van der Waals surface area contributed by atoms with Gasteiger partial charge in [0.15, 0.2) is 17.1 Å². The second-order valence-corrected chi connectivity index (χ2v) is 6.59. The Labute approximate surface area is 166 Å². The molecule has 0 aliphatic carbocycles. The number of halogens is 2. The third-order valence-electron chi connectivity index (χ3n) is 4.14. The maximum atomic E-state index is 6.20. The molecule has 4 rings (SSSR count). The second-order valence-electron chi connectivity index (χ2n) is 5.78. The van der Waals surface area contributed by atoms with Gasteiger partial charge in [0.05, 0.1) is 17.2 Å². The molecular weight excluding hydrogens is 383 g/mol. The highest BCUT2D eigenvalue weighted by Crippen LogP contribution is 2.36. The third kappa shape index (κ3) is 3.42. The number of benzene rings is 1. The van der Waals surface area contributed by atoms with Gasteiger partial charge in [-0.3, -0.25) is 9.97 Å². The Bertz CT molecular complexity index is 1120. The fourth-order valence-corrected chi connectivity index (χ4v) is 3.30. The Morgan fingerprint density at radius 2 is 1.85 bits per heavy atom. The van der Waals surface area contributed by atoms with Gasteiger partial charge in [0.1, 0.15) is 5.69 Å². The molecule has 0 spiro atoms. The molecule has 3 heterocycles. The van der Waals surface area contributed by atoms with Crippen molar-refractivity contribution in [2.24, 2.45) is 0 Å². The SMILES string of the molecule is COc1ccc(C=Cc2c(Cl)cncc2Cl)c2cc(-c3ccccn3)oc12. The molecule has 0 amide bonds. The molecule has 4 aromatic rings. The van der Waals surface area contributed by atoms with Crippen molar-refractivity contribution in [3.63, 3.8) is 0 Å². The lowest BCUT2D eigenvalue weighted by molar-refractivity contribution is 0.411. The maximum Gasteiger partial charge on any atom is 0.177 e. The number of fused-ring (bicyclic) bond motifs is 1. The summed E-state index contributed by atoms with van der Waals surface area (Å²) < 4.78 is 11.5. The van der Waals surface area contributed by atoms with E-state index in [2.05, 4.69) is 9.97 Å². The van der Waals surface area contributed by atoms with Gasteiger partial charge in [-0.25, -0.2) is 0 Å². The number of methoxy groups -OCH3 is 1. The molecule has 134 valence electrons. The smallest absolute Gasteiger partial charge is 0.177 e. The molecule has 0 fully saturated rings. The molecule has 1 aromatic carbocycles. The number of rotatable bonds is 4.